The summed E-state index contributed by atoms with van der Waals surface area (Å²) in [6.07, 6.45) is 5.71. The van der Waals surface area contributed by atoms with E-state index in [2.05, 4.69) is 20.6 Å². The van der Waals surface area contributed by atoms with Gasteiger partial charge in [0.15, 0.2) is 0 Å². The lowest BCUT2D eigenvalue weighted by molar-refractivity contribution is 0.0950. The molecule has 3 aromatic rings. The number of carbonyl (C=O) groups is 2. The summed E-state index contributed by atoms with van der Waals surface area (Å²) in [5.74, 6) is -3.02. The van der Waals surface area contributed by atoms with Crippen molar-refractivity contribution in [3.63, 3.8) is 0 Å². The largest absolute Gasteiger partial charge is 0.348 e. The second kappa shape index (κ2) is 8.13. The molecule has 2 N–H and O–H groups in total. The molecule has 136 valence electrons. The monoisotopic (exact) mass is 368 g/mol. The quantitative estimate of drug-likeness (QED) is 0.725. The number of rotatable bonds is 5. The van der Waals surface area contributed by atoms with Gasteiger partial charge in [-0.05, 0) is 35.9 Å². The first-order valence-corrected chi connectivity index (χ1v) is 7.92. The molecule has 0 radical (unpaired) electrons. The molecular weight excluding hydrogens is 354 g/mol. The molecule has 0 fully saturated rings. The van der Waals surface area contributed by atoms with Crippen molar-refractivity contribution in [3.05, 3.63) is 89.5 Å². The minimum Gasteiger partial charge on any atom is -0.348 e. The van der Waals surface area contributed by atoms with E-state index >= 15 is 0 Å². The molecule has 0 bridgehead atoms. The number of benzene rings is 1. The molecular formula is C19H14F2N4O2. The standard InChI is InChI=1S/C19H14F2N4O2/c20-15-2-1-3-16(21)17(15)25-19(27)14-8-13(10-23-11-14)18(26)24-9-12-4-6-22-7-5-12/h1-8,10-11H,9H2,(H,24,26)(H,25,27). The van der Waals surface area contributed by atoms with Crippen molar-refractivity contribution in [1.29, 1.82) is 0 Å². The highest BCUT2D eigenvalue weighted by molar-refractivity contribution is 6.05. The van der Waals surface area contributed by atoms with E-state index in [0.29, 0.717) is 0 Å². The van der Waals surface area contributed by atoms with E-state index in [-0.39, 0.29) is 17.7 Å². The molecule has 2 heterocycles. The third kappa shape index (κ3) is 4.49. The predicted molar refractivity (Wildman–Crippen MR) is 94.0 cm³/mol. The van der Waals surface area contributed by atoms with Gasteiger partial charge in [0.1, 0.15) is 17.3 Å². The van der Waals surface area contributed by atoms with Crippen molar-refractivity contribution < 1.29 is 18.4 Å². The number of nitrogens with one attached hydrogen (secondary N) is 2. The molecule has 0 spiro atoms. The van der Waals surface area contributed by atoms with Gasteiger partial charge in [0.2, 0.25) is 0 Å². The number of nitrogens with zero attached hydrogens (tertiary/aromatic N) is 2. The second-order valence-corrected chi connectivity index (χ2v) is 5.55. The molecule has 1 aromatic carbocycles. The van der Waals surface area contributed by atoms with Crippen LogP contribution in [0.2, 0.25) is 0 Å². The number of carbonyl (C=O) groups excluding carboxylic acids is 2. The van der Waals surface area contributed by atoms with Crippen LogP contribution in [0, 0.1) is 11.6 Å². The summed E-state index contributed by atoms with van der Waals surface area (Å²) in [6.45, 7) is 0.276. The van der Waals surface area contributed by atoms with E-state index in [0.717, 1.165) is 17.7 Å². The molecule has 0 aliphatic rings. The Morgan fingerprint density at radius 1 is 0.889 bits per heavy atom. The molecule has 3 rings (SSSR count). The zero-order chi connectivity index (χ0) is 19.2. The smallest absolute Gasteiger partial charge is 0.257 e. The van der Waals surface area contributed by atoms with Crippen LogP contribution in [-0.2, 0) is 6.54 Å². The molecule has 2 aromatic heterocycles. The number of anilines is 1. The van der Waals surface area contributed by atoms with Crippen LogP contribution in [0.15, 0.2) is 61.2 Å². The molecule has 8 heteroatoms. The Kier molecular flexibility index (Phi) is 5.46. The minimum atomic E-state index is -0.900. The Bertz CT molecular complexity index is 960. The summed E-state index contributed by atoms with van der Waals surface area (Å²) < 4.78 is 27.3. The van der Waals surface area contributed by atoms with Gasteiger partial charge < -0.3 is 10.6 Å². The highest BCUT2D eigenvalue weighted by Gasteiger charge is 2.15. The summed E-state index contributed by atoms with van der Waals surface area (Å²) in [7, 11) is 0. The molecule has 6 nitrogen and oxygen atoms in total. The Morgan fingerprint density at radius 3 is 2.19 bits per heavy atom. The first-order valence-electron chi connectivity index (χ1n) is 7.92. The van der Waals surface area contributed by atoms with Gasteiger partial charge in [-0.25, -0.2) is 8.78 Å². The molecule has 0 aliphatic heterocycles. The fourth-order valence-corrected chi connectivity index (χ4v) is 2.28. The van der Waals surface area contributed by atoms with E-state index < -0.39 is 29.1 Å². The van der Waals surface area contributed by atoms with Crippen LogP contribution in [0.4, 0.5) is 14.5 Å². The van der Waals surface area contributed by atoms with Gasteiger partial charge in [-0.15, -0.1) is 0 Å². The van der Waals surface area contributed by atoms with Gasteiger partial charge in [0.25, 0.3) is 11.8 Å². The van der Waals surface area contributed by atoms with E-state index in [4.69, 9.17) is 0 Å². The molecule has 27 heavy (non-hydrogen) atoms. The van der Waals surface area contributed by atoms with Crippen molar-refractivity contribution in [3.8, 4) is 0 Å². The van der Waals surface area contributed by atoms with E-state index in [9.17, 15) is 18.4 Å². The number of aromatic nitrogens is 2. The topological polar surface area (TPSA) is 84.0 Å². The average Bonchev–Trinajstić information content (AvgIpc) is 2.70. The number of halogens is 2. The third-order valence-corrected chi connectivity index (χ3v) is 3.67. The van der Waals surface area contributed by atoms with Crippen LogP contribution >= 0.6 is 0 Å². The Morgan fingerprint density at radius 2 is 1.52 bits per heavy atom. The summed E-state index contributed by atoms with van der Waals surface area (Å²) >= 11 is 0. The number of amides is 2. The molecule has 2 amide bonds. The lowest BCUT2D eigenvalue weighted by Crippen LogP contribution is -2.23. The predicted octanol–water partition coefficient (Wildman–Crippen LogP) is 2.94. The normalized spacial score (nSPS) is 10.3. The Balaban J connectivity index is 1.71. The fourth-order valence-electron chi connectivity index (χ4n) is 2.28. The van der Waals surface area contributed by atoms with Crippen molar-refractivity contribution in [1.82, 2.24) is 15.3 Å². The highest BCUT2D eigenvalue weighted by atomic mass is 19.1. The van der Waals surface area contributed by atoms with Crippen LogP contribution in [0.1, 0.15) is 26.3 Å². The van der Waals surface area contributed by atoms with Crippen LogP contribution in [-0.4, -0.2) is 21.8 Å². The van der Waals surface area contributed by atoms with Gasteiger partial charge in [-0.2, -0.15) is 0 Å². The number of para-hydroxylation sites is 1. The first kappa shape index (κ1) is 18.1. The maximum Gasteiger partial charge on any atom is 0.257 e. The molecule has 0 aliphatic carbocycles. The molecule has 0 saturated heterocycles. The lowest BCUT2D eigenvalue weighted by atomic mass is 10.1. The minimum absolute atomic E-state index is 0.00536. The number of pyridine rings is 2. The molecule has 0 saturated carbocycles. The number of hydrogen-bond donors (Lipinski definition) is 2. The van der Waals surface area contributed by atoms with Gasteiger partial charge >= 0.3 is 0 Å². The highest BCUT2D eigenvalue weighted by Crippen LogP contribution is 2.19. The van der Waals surface area contributed by atoms with Crippen molar-refractivity contribution in [2.45, 2.75) is 6.54 Å². The van der Waals surface area contributed by atoms with Crippen LogP contribution in [0.3, 0.4) is 0 Å². The van der Waals surface area contributed by atoms with Gasteiger partial charge in [-0.3, -0.25) is 19.6 Å². The summed E-state index contributed by atoms with van der Waals surface area (Å²) in [5, 5.41) is 4.84. The summed E-state index contributed by atoms with van der Waals surface area (Å²) in [5.41, 5.74) is 0.435. The summed E-state index contributed by atoms with van der Waals surface area (Å²) in [6, 6.07) is 8.05. The van der Waals surface area contributed by atoms with Crippen molar-refractivity contribution in [2.24, 2.45) is 0 Å². The average molecular weight is 368 g/mol. The Labute approximate surface area is 153 Å². The third-order valence-electron chi connectivity index (χ3n) is 3.67. The van der Waals surface area contributed by atoms with Crippen molar-refractivity contribution in [2.75, 3.05) is 5.32 Å². The Hall–Kier alpha value is -3.68. The SMILES string of the molecule is O=C(NCc1ccncc1)c1cncc(C(=O)Nc2c(F)cccc2F)c1. The van der Waals surface area contributed by atoms with Crippen molar-refractivity contribution >= 4 is 17.5 Å². The second-order valence-electron chi connectivity index (χ2n) is 5.55. The van der Waals surface area contributed by atoms with Crippen LogP contribution in [0.25, 0.3) is 0 Å². The zero-order valence-electron chi connectivity index (χ0n) is 13.9. The maximum atomic E-state index is 13.7. The maximum absolute atomic E-state index is 13.7. The van der Waals surface area contributed by atoms with Gasteiger partial charge in [-0.1, -0.05) is 6.07 Å². The van der Waals surface area contributed by atoms with Gasteiger partial charge in [0.05, 0.1) is 11.1 Å². The van der Waals surface area contributed by atoms with E-state index in [1.54, 1.807) is 24.5 Å². The first-order chi connectivity index (χ1) is 13.0. The van der Waals surface area contributed by atoms with Crippen LogP contribution < -0.4 is 10.6 Å². The van der Waals surface area contributed by atoms with Crippen LogP contribution in [0.5, 0.6) is 0 Å². The van der Waals surface area contributed by atoms with E-state index in [1.807, 2.05) is 0 Å². The summed E-state index contributed by atoms with van der Waals surface area (Å²) in [4.78, 5) is 32.2. The van der Waals surface area contributed by atoms with Gasteiger partial charge in [0, 0.05) is 31.3 Å². The zero-order valence-corrected chi connectivity index (χ0v) is 13.9. The van der Waals surface area contributed by atoms with E-state index in [1.165, 1.54) is 24.5 Å². The molecule has 0 unspecified atom stereocenters. The lowest BCUT2D eigenvalue weighted by Gasteiger charge is -2.09. The number of hydrogen-bond acceptors (Lipinski definition) is 4. The molecule has 0 atom stereocenters. The fraction of sp³-hybridized carbons (Fsp3) is 0.0526.